The van der Waals surface area contributed by atoms with Gasteiger partial charge in [0.15, 0.2) is 0 Å². The van der Waals surface area contributed by atoms with E-state index in [1.54, 1.807) is 31.4 Å². The Morgan fingerprint density at radius 3 is 2.39 bits per heavy atom. The smallest absolute Gasteiger partial charge is 0.342 e. The molecule has 2 aliphatic rings. The Kier molecular flexibility index (Phi) is 5.66. The van der Waals surface area contributed by atoms with Crippen LogP contribution in [-0.2, 0) is 14.3 Å². The van der Waals surface area contributed by atoms with Crippen LogP contribution in [0.4, 0.5) is 9.39 Å². The molecule has 2 aliphatic carbocycles. The molecule has 0 unspecified atom stereocenters. The Bertz CT molecular complexity index is 1060. The second-order valence-corrected chi connectivity index (χ2v) is 9.02. The zero-order valence-corrected chi connectivity index (χ0v) is 17.8. The minimum Gasteiger partial charge on any atom is -0.481 e. The summed E-state index contributed by atoms with van der Waals surface area (Å²) in [6, 6.07) is 5.69. The fourth-order valence-electron chi connectivity index (χ4n) is 4.48. The van der Waals surface area contributed by atoms with E-state index in [1.807, 2.05) is 12.2 Å². The van der Waals surface area contributed by atoms with Gasteiger partial charge < -0.3 is 15.2 Å². The van der Waals surface area contributed by atoms with Gasteiger partial charge in [-0.2, -0.15) is 0 Å². The Labute approximate surface area is 182 Å². The molecule has 1 amide bonds. The number of hydrogen-bond acceptors (Lipinski definition) is 5. The summed E-state index contributed by atoms with van der Waals surface area (Å²) in [5, 5.41) is 14.4. The van der Waals surface area contributed by atoms with E-state index in [-0.39, 0.29) is 23.5 Å². The summed E-state index contributed by atoms with van der Waals surface area (Å²) in [5.41, 5.74) is 1.32. The lowest BCUT2D eigenvalue weighted by Crippen LogP contribution is -2.36. The van der Waals surface area contributed by atoms with Crippen molar-refractivity contribution in [2.24, 2.45) is 23.7 Å². The van der Waals surface area contributed by atoms with Crippen molar-refractivity contribution in [3.63, 3.8) is 0 Å². The molecular formula is C23H22FNO5S. The highest BCUT2D eigenvalue weighted by atomic mass is 32.1. The highest BCUT2D eigenvalue weighted by Gasteiger charge is 2.51. The number of ether oxygens (including phenoxy) is 1. The first kappa shape index (κ1) is 21.2. The first-order valence-corrected chi connectivity index (χ1v) is 10.9. The highest BCUT2D eigenvalue weighted by Crippen LogP contribution is 2.49. The van der Waals surface area contributed by atoms with Crippen LogP contribution in [0.25, 0.3) is 11.1 Å². The Morgan fingerprint density at radius 1 is 1.13 bits per heavy atom. The largest absolute Gasteiger partial charge is 0.481 e. The van der Waals surface area contributed by atoms with Crippen LogP contribution in [0.15, 0.2) is 41.8 Å². The van der Waals surface area contributed by atoms with Crippen molar-refractivity contribution >= 4 is 34.2 Å². The van der Waals surface area contributed by atoms with E-state index < -0.39 is 35.5 Å². The normalized spacial score (nSPS) is 23.9. The third kappa shape index (κ3) is 3.99. The molecule has 0 aliphatic heterocycles. The summed E-state index contributed by atoms with van der Waals surface area (Å²) in [6.45, 7) is 3.44. The van der Waals surface area contributed by atoms with Crippen molar-refractivity contribution < 1.29 is 28.6 Å². The number of allylic oxidation sites excluding steroid dienone is 2. The molecule has 162 valence electrons. The molecule has 2 bridgehead atoms. The number of anilines is 1. The molecule has 6 nitrogen and oxygen atoms in total. The van der Waals surface area contributed by atoms with Crippen LogP contribution in [-0.4, -0.2) is 29.1 Å². The summed E-state index contributed by atoms with van der Waals surface area (Å²) in [4.78, 5) is 37.7. The maximum atomic E-state index is 13.4. The molecule has 1 saturated carbocycles. The Balaban J connectivity index is 1.67. The molecule has 1 aromatic carbocycles. The molecule has 31 heavy (non-hydrogen) atoms. The molecule has 0 saturated heterocycles. The number of rotatable bonds is 6. The second kappa shape index (κ2) is 8.26. The lowest BCUT2D eigenvalue weighted by atomic mass is 9.82. The van der Waals surface area contributed by atoms with Crippen molar-refractivity contribution in [1.29, 1.82) is 0 Å². The summed E-state index contributed by atoms with van der Waals surface area (Å²) < 4.78 is 18.7. The minimum atomic E-state index is -0.991. The fourth-order valence-corrected chi connectivity index (χ4v) is 5.44. The van der Waals surface area contributed by atoms with E-state index in [4.69, 9.17) is 4.74 Å². The van der Waals surface area contributed by atoms with Crippen molar-refractivity contribution in [2.75, 3.05) is 5.32 Å². The summed E-state index contributed by atoms with van der Waals surface area (Å²) in [7, 11) is 0. The monoisotopic (exact) mass is 443 g/mol. The molecule has 0 radical (unpaired) electrons. The maximum absolute atomic E-state index is 13.4. The molecule has 2 N–H and O–H groups in total. The van der Waals surface area contributed by atoms with Gasteiger partial charge >= 0.3 is 11.9 Å². The number of fused-ring (bicyclic) bond motifs is 2. The zero-order valence-electron chi connectivity index (χ0n) is 17.0. The number of halogens is 1. The lowest BCUT2D eigenvalue weighted by molar-refractivity contribution is -0.146. The van der Waals surface area contributed by atoms with Gasteiger partial charge in [0.25, 0.3) is 0 Å². The Morgan fingerprint density at radius 2 is 1.77 bits per heavy atom. The topological polar surface area (TPSA) is 92.7 Å². The molecule has 4 atom stereocenters. The fraction of sp³-hybridized carbons (Fsp3) is 0.348. The average molecular weight is 443 g/mol. The molecular weight excluding hydrogens is 421 g/mol. The Hall–Kier alpha value is -3.00. The molecule has 2 aromatic rings. The number of nitrogens with one attached hydrogen (secondary N) is 1. The van der Waals surface area contributed by atoms with Crippen molar-refractivity contribution in [3.8, 4) is 11.1 Å². The average Bonchev–Trinajstić information content (AvgIpc) is 3.42. The van der Waals surface area contributed by atoms with Gasteiger partial charge in [-0.3, -0.25) is 9.59 Å². The van der Waals surface area contributed by atoms with Gasteiger partial charge in [-0.25, -0.2) is 9.18 Å². The number of amides is 1. The summed E-state index contributed by atoms with van der Waals surface area (Å²) >= 11 is 1.16. The number of aliphatic carboxylic acids is 1. The molecule has 8 heteroatoms. The number of carboxylic acid groups (broad SMARTS) is 1. The van der Waals surface area contributed by atoms with Crippen LogP contribution < -0.4 is 5.32 Å². The van der Waals surface area contributed by atoms with Crippen LogP contribution in [0.5, 0.6) is 0 Å². The number of hydrogen-bond donors (Lipinski definition) is 2. The standard InChI is InChI=1S/C23H22FNO5S/c1-11(2)30-23(29)19-16(12-5-7-15(24)8-6-12)10-31-21(19)25-20(26)17-13-3-4-14(9-13)18(17)22(27)28/h3-8,10-11,13-14,17-18H,9H2,1-2H3,(H,25,26)(H,27,28)/t13-,14-,17-,18+/m0/s1. The number of carboxylic acids is 1. The van der Waals surface area contributed by atoms with E-state index in [1.165, 1.54) is 12.1 Å². The first-order chi connectivity index (χ1) is 14.8. The first-order valence-electron chi connectivity index (χ1n) is 10.1. The molecule has 1 heterocycles. The van der Waals surface area contributed by atoms with Gasteiger partial charge in [0.05, 0.1) is 17.9 Å². The van der Waals surface area contributed by atoms with E-state index >= 15 is 0 Å². The van der Waals surface area contributed by atoms with Gasteiger partial charge in [0.2, 0.25) is 5.91 Å². The summed E-state index contributed by atoms with van der Waals surface area (Å²) in [6.07, 6.45) is 4.05. The molecule has 1 fully saturated rings. The van der Waals surface area contributed by atoms with Gasteiger partial charge in [0, 0.05) is 10.9 Å². The minimum absolute atomic E-state index is 0.131. The van der Waals surface area contributed by atoms with Crippen molar-refractivity contribution in [3.05, 3.63) is 53.2 Å². The second-order valence-electron chi connectivity index (χ2n) is 8.14. The summed E-state index contributed by atoms with van der Waals surface area (Å²) in [5.74, 6) is -4.17. The molecule has 0 spiro atoms. The predicted molar refractivity (Wildman–Crippen MR) is 114 cm³/mol. The predicted octanol–water partition coefficient (Wildman–Crippen LogP) is 4.58. The van der Waals surface area contributed by atoms with Crippen LogP contribution in [0, 0.1) is 29.5 Å². The third-order valence-corrected chi connectivity index (χ3v) is 6.67. The number of thiophene rings is 1. The SMILES string of the molecule is CC(C)OC(=O)c1c(-c2ccc(F)cc2)csc1NC(=O)[C@@H]1[C@H](C(=O)O)[C@H]2C=C[C@H]1C2. The van der Waals surface area contributed by atoms with Gasteiger partial charge in [0.1, 0.15) is 16.4 Å². The zero-order chi connectivity index (χ0) is 22.3. The quantitative estimate of drug-likeness (QED) is 0.504. The number of carbonyl (C=O) groups excluding carboxylic acids is 2. The van der Waals surface area contributed by atoms with Crippen LogP contribution in [0.3, 0.4) is 0 Å². The van der Waals surface area contributed by atoms with E-state index in [9.17, 15) is 23.9 Å². The maximum Gasteiger partial charge on any atom is 0.342 e. The van der Waals surface area contributed by atoms with E-state index in [2.05, 4.69) is 5.32 Å². The van der Waals surface area contributed by atoms with E-state index in [0.29, 0.717) is 22.5 Å². The van der Waals surface area contributed by atoms with Gasteiger partial charge in [-0.05, 0) is 49.8 Å². The van der Waals surface area contributed by atoms with Crippen molar-refractivity contribution in [1.82, 2.24) is 0 Å². The number of esters is 1. The highest BCUT2D eigenvalue weighted by molar-refractivity contribution is 7.15. The van der Waals surface area contributed by atoms with Crippen LogP contribution in [0.1, 0.15) is 30.6 Å². The van der Waals surface area contributed by atoms with E-state index in [0.717, 1.165) is 11.3 Å². The third-order valence-electron chi connectivity index (χ3n) is 5.78. The van der Waals surface area contributed by atoms with Crippen LogP contribution in [0.2, 0.25) is 0 Å². The van der Waals surface area contributed by atoms with Gasteiger partial charge in [-0.15, -0.1) is 11.3 Å². The number of benzene rings is 1. The lowest BCUT2D eigenvalue weighted by Gasteiger charge is -2.23. The molecule has 1 aromatic heterocycles. The van der Waals surface area contributed by atoms with Crippen LogP contribution >= 0.6 is 11.3 Å². The molecule has 4 rings (SSSR count). The van der Waals surface area contributed by atoms with Crippen molar-refractivity contribution in [2.45, 2.75) is 26.4 Å². The van der Waals surface area contributed by atoms with Gasteiger partial charge in [-0.1, -0.05) is 24.3 Å². The number of carbonyl (C=O) groups is 3.